The van der Waals surface area contributed by atoms with Gasteiger partial charge in [0.2, 0.25) is 5.91 Å². The summed E-state index contributed by atoms with van der Waals surface area (Å²) in [5.41, 5.74) is 1.80. The first-order chi connectivity index (χ1) is 13.4. The zero-order valence-corrected chi connectivity index (χ0v) is 17.4. The Balaban J connectivity index is 1.43. The SMILES string of the molecule is CCC[C@H](C)N1C[C@H]2C(=O)NC3(CCN(C(=O)c4ccc(C)cc4)CC3)[C@H]2C1. The maximum Gasteiger partial charge on any atom is 0.253 e. The zero-order chi connectivity index (χ0) is 19.9. The molecule has 1 aromatic carbocycles. The molecule has 0 bridgehead atoms. The Bertz CT molecular complexity index is 737. The van der Waals surface area contributed by atoms with E-state index < -0.39 is 0 Å². The van der Waals surface area contributed by atoms with Gasteiger partial charge in [-0.25, -0.2) is 0 Å². The number of hydrogen-bond donors (Lipinski definition) is 1. The number of piperidine rings is 1. The third-order valence-electron chi connectivity index (χ3n) is 7.34. The smallest absolute Gasteiger partial charge is 0.253 e. The van der Waals surface area contributed by atoms with Crippen molar-refractivity contribution < 1.29 is 9.59 Å². The Hall–Kier alpha value is -1.88. The van der Waals surface area contributed by atoms with Crippen LogP contribution in [0.25, 0.3) is 0 Å². The van der Waals surface area contributed by atoms with E-state index in [-0.39, 0.29) is 23.3 Å². The van der Waals surface area contributed by atoms with E-state index in [1.807, 2.05) is 36.1 Å². The summed E-state index contributed by atoms with van der Waals surface area (Å²) in [4.78, 5) is 30.0. The molecular weight excluding hydrogens is 350 g/mol. The first kappa shape index (κ1) is 19.4. The van der Waals surface area contributed by atoms with Crippen LogP contribution in [0.3, 0.4) is 0 Å². The fourth-order valence-electron chi connectivity index (χ4n) is 5.53. The van der Waals surface area contributed by atoms with Crippen molar-refractivity contribution in [2.45, 2.75) is 58.0 Å². The van der Waals surface area contributed by atoms with Crippen LogP contribution in [0, 0.1) is 18.8 Å². The van der Waals surface area contributed by atoms with Crippen LogP contribution in [0.2, 0.25) is 0 Å². The number of carbonyl (C=O) groups is 2. The van der Waals surface area contributed by atoms with Crippen molar-refractivity contribution in [3.63, 3.8) is 0 Å². The van der Waals surface area contributed by atoms with Crippen molar-refractivity contribution >= 4 is 11.8 Å². The van der Waals surface area contributed by atoms with Gasteiger partial charge >= 0.3 is 0 Å². The number of likely N-dealkylation sites (tertiary alicyclic amines) is 2. The molecule has 3 aliphatic heterocycles. The van der Waals surface area contributed by atoms with E-state index in [4.69, 9.17) is 0 Å². The lowest BCUT2D eigenvalue weighted by molar-refractivity contribution is -0.123. The highest BCUT2D eigenvalue weighted by Crippen LogP contribution is 2.44. The molecule has 28 heavy (non-hydrogen) atoms. The van der Waals surface area contributed by atoms with E-state index in [0.717, 1.165) is 50.1 Å². The van der Waals surface area contributed by atoms with Gasteiger partial charge in [-0.1, -0.05) is 31.0 Å². The van der Waals surface area contributed by atoms with Crippen LogP contribution >= 0.6 is 0 Å². The topological polar surface area (TPSA) is 52.7 Å². The molecule has 1 N–H and O–H groups in total. The second-order valence-electron chi connectivity index (χ2n) is 9.11. The second-order valence-corrected chi connectivity index (χ2v) is 9.11. The summed E-state index contributed by atoms with van der Waals surface area (Å²) in [5.74, 6) is 0.851. The van der Waals surface area contributed by atoms with Crippen LogP contribution in [0.5, 0.6) is 0 Å². The van der Waals surface area contributed by atoms with Crippen LogP contribution in [0.4, 0.5) is 0 Å². The molecule has 0 unspecified atom stereocenters. The standard InChI is InChI=1S/C23H33N3O2/c1-4-5-17(3)26-14-19-20(15-26)23(24-21(19)27)10-12-25(13-11-23)22(28)18-8-6-16(2)7-9-18/h6-9,17,19-20H,4-5,10-15H2,1-3H3,(H,24,27)/t17-,19+,20-/m0/s1. The third-order valence-corrected chi connectivity index (χ3v) is 7.34. The van der Waals surface area contributed by atoms with E-state index in [9.17, 15) is 9.59 Å². The predicted octanol–water partition coefficient (Wildman–Crippen LogP) is 2.84. The first-order valence-electron chi connectivity index (χ1n) is 10.9. The van der Waals surface area contributed by atoms with Crippen LogP contribution in [0.1, 0.15) is 55.5 Å². The minimum Gasteiger partial charge on any atom is -0.350 e. The summed E-state index contributed by atoms with van der Waals surface area (Å²) in [7, 11) is 0. The molecule has 3 saturated heterocycles. The summed E-state index contributed by atoms with van der Waals surface area (Å²) in [5, 5.41) is 3.37. The zero-order valence-electron chi connectivity index (χ0n) is 17.4. The van der Waals surface area contributed by atoms with Crippen molar-refractivity contribution in [3.8, 4) is 0 Å². The van der Waals surface area contributed by atoms with Crippen molar-refractivity contribution in [3.05, 3.63) is 35.4 Å². The molecule has 3 fully saturated rings. The molecule has 0 aromatic heterocycles. The lowest BCUT2D eigenvalue weighted by atomic mass is 9.75. The number of nitrogens with one attached hydrogen (secondary N) is 1. The van der Waals surface area contributed by atoms with Gasteiger partial charge in [-0.3, -0.25) is 14.5 Å². The lowest BCUT2D eigenvalue weighted by Crippen LogP contribution is -2.56. The van der Waals surface area contributed by atoms with Gasteiger partial charge in [-0.2, -0.15) is 0 Å². The van der Waals surface area contributed by atoms with Crippen molar-refractivity contribution in [2.24, 2.45) is 11.8 Å². The summed E-state index contributed by atoms with van der Waals surface area (Å²) in [6, 6.07) is 8.36. The molecule has 5 nitrogen and oxygen atoms in total. The van der Waals surface area contributed by atoms with Gasteiger partial charge in [0.1, 0.15) is 0 Å². The molecule has 3 aliphatic rings. The summed E-state index contributed by atoms with van der Waals surface area (Å²) in [6.07, 6.45) is 4.11. The fraction of sp³-hybridized carbons (Fsp3) is 0.652. The Morgan fingerprint density at radius 1 is 1.21 bits per heavy atom. The Morgan fingerprint density at radius 3 is 2.54 bits per heavy atom. The normalized spacial score (nSPS) is 27.7. The molecule has 3 atom stereocenters. The van der Waals surface area contributed by atoms with Gasteiger partial charge in [-0.05, 0) is 45.2 Å². The molecule has 0 radical (unpaired) electrons. The van der Waals surface area contributed by atoms with Crippen molar-refractivity contribution in [1.29, 1.82) is 0 Å². The maximum atomic E-state index is 12.9. The van der Waals surface area contributed by atoms with E-state index in [1.165, 1.54) is 12.8 Å². The van der Waals surface area contributed by atoms with Gasteiger partial charge in [0, 0.05) is 49.2 Å². The lowest BCUT2D eigenvalue weighted by Gasteiger charge is -2.43. The van der Waals surface area contributed by atoms with Crippen LogP contribution < -0.4 is 5.32 Å². The van der Waals surface area contributed by atoms with Crippen molar-refractivity contribution in [1.82, 2.24) is 15.1 Å². The Morgan fingerprint density at radius 2 is 1.89 bits per heavy atom. The number of nitrogens with zero attached hydrogens (tertiary/aromatic N) is 2. The van der Waals surface area contributed by atoms with Crippen molar-refractivity contribution in [2.75, 3.05) is 26.2 Å². The number of aryl methyl sites for hydroxylation is 1. The number of benzene rings is 1. The number of carbonyl (C=O) groups excluding carboxylic acids is 2. The largest absolute Gasteiger partial charge is 0.350 e. The molecule has 1 spiro atoms. The van der Waals surface area contributed by atoms with Gasteiger partial charge in [0.15, 0.2) is 0 Å². The quantitative estimate of drug-likeness (QED) is 0.870. The van der Waals surface area contributed by atoms with E-state index in [2.05, 4.69) is 24.1 Å². The fourth-order valence-corrected chi connectivity index (χ4v) is 5.53. The number of fused-ring (bicyclic) bond motifs is 2. The molecule has 4 rings (SSSR count). The molecular formula is C23H33N3O2. The van der Waals surface area contributed by atoms with Crippen LogP contribution in [-0.4, -0.2) is 59.4 Å². The third kappa shape index (κ3) is 3.34. The monoisotopic (exact) mass is 383 g/mol. The second kappa shape index (κ2) is 7.51. The average Bonchev–Trinajstić information content (AvgIpc) is 3.24. The molecule has 0 saturated carbocycles. The minimum absolute atomic E-state index is 0.111. The highest BCUT2D eigenvalue weighted by Gasteiger charge is 2.57. The first-order valence-corrected chi connectivity index (χ1v) is 10.9. The van der Waals surface area contributed by atoms with Crippen LogP contribution in [0.15, 0.2) is 24.3 Å². The van der Waals surface area contributed by atoms with Crippen LogP contribution in [-0.2, 0) is 4.79 Å². The average molecular weight is 384 g/mol. The highest BCUT2D eigenvalue weighted by atomic mass is 16.2. The summed E-state index contributed by atoms with van der Waals surface area (Å²) in [6.45, 7) is 9.90. The molecule has 0 aliphatic carbocycles. The number of amides is 2. The molecule has 2 amide bonds. The summed E-state index contributed by atoms with van der Waals surface area (Å²) >= 11 is 0. The van der Waals surface area contributed by atoms with Gasteiger partial charge in [0.05, 0.1) is 5.92 Å². The van der Waals surface area contributed by atoms with E-state index in [1.54, 1.807) is 0 Å². The number of rotatable bonds is 4. The molecule has 3 heterocycles. The molecule has 1 aromatic rings. The number of hydrogen-bond acceptors (Lipinski definition) is 3. The van der Waals surface area contributed by atoms with Gasteiger partial charge in [-0.15, -0.1) is 0 Å². The maximum absolute atomic E-state index is 12.9. The Kier molecular flexibility index (Phi) is 5.21. The van der Waals surface area contributed by atoms with E-state index >= 15 is 0 Å². The molecule has 5 heteroatoms. The predicted molar refractivity (Wildman–Crippen MR) is 110 cm³/mol. The Labute approximate surface area is 168 Å². The minimum atomic E-state index is -0.119. The highest BCUT2D eigenvalue weighted by molar-refractivity contribution is 5.94. The van der Waals surface area contributed by atoms with Gasteiger partial charge in [0.25, 0.3) is 5.91 Å². The van der Waals surface area contributed by atoms with E-state index in [0.29, 0.717) is 12.0 Å². The molecule has 152 valence electrons. The van der Waals surface area contributed by atoms with Gasteiger partial charge < -0.3 is 10.2 Å². The summed E-state index contributed by atoms with van der Waals surface area (Å²) < 4.78 is 0.